The Bertz CT molecular complexity index is 716. The molecule has 0 saturated carbocycles. The van der Waals surface area contributed by atoms with Crippen LogP contribution in [0.15, 0.2) is 36.4 Å². The van der Waals surface area contributed by atoms with Crippen LogP contribution in [0.25, 0.3) is 0 Å². The summed E-state index contributed by atoms with van der Waals surface area (Å²) >= 11 is 0. The maximum Gasteiger partial charge on any atom is 0.122 e. The molecule has 0 unspecified atom stereocenters. The van der Waals surface area contributed by atoms with Crippen molar-refractivity contribution in [3.8, 4) is 11.5 Å². The van der Waals surface area contributed by atoms with Crippen LogP contribution in [0, 0.1) is 13.8 Å². The highest BCUT2D eigenvalue weighted by atomic mass is 16.5. The van der Waals surface area contributed by atoms with E-state index in [0.29, 0.717) is 5.75 Å². The van der Waals surface area contributed by atoms with Crippen LogP contribution in [0.5, 0.6) is 11.5 Å². The number of phenolic OH excluding ortho intramolecular Hbond substituents is 1. The fourth-order valence-corrected chi connectivity index (χ4v) is 3.30. The minimum atomic E-state index is -0.123. The lowest BCUT2D eigenvalue weighted by Crippen LogP contribution is -2.19. The summed E-state index contributed by atoms with van der Waals surface area (Å²) < 4.78 is 5.99. The van der Waals surface area contributed by atoms with Crippen LogP contribution >= 0.6 is 0 Å². The van der Waals surface area contributed by atoms with Gasteiger partial charge in [-0.25, -0.2) is 0 Å². The van der Waals surface area contributed by atoms with Crippen LogP contribution in [-0.2, 0) is 5.41 Å². The van der Waals surface area contributed by atoms with Crippen molar-refractivity contribution in [2.24, 2.45) is 0 Å². The van der Waals surface area contributed by atoms with Gasteiger partial charge in [-0.1, -0.05) is 70.7 Å². The van der Waals surface area contributed by atoms with Gasteiger partial charge in [0.05, 0.1) is 6.61 Å². The van der Waals surface area contributed by atoms with E-state index < -0.39 is 0 Å². The average molecular weight is 355 g/mol. The van der Waals surface area contributed by atoms with Gasteiger partial charge in [-0.3, -0.25) is 0 Å². The molecule has 0 aliphatic carbocycles. The van der Waals surface area contributed by atoms with Crippen molar-refractivity contribution >= 4 is 0 Å². The van der Waals surface area contributed by atoms with E-state index in [1.165, 1.54) is 42.4 Å². The first-order valence-electron chi connectivity index (χ1n) is 9.90. The summed E-state index contributed by atoms with van der Waals surface area (Å²) in [5.74, 6) is 1.34. The van der Waals surface area contributed by atoms with Gasteiger partial charge in [-0.15, -0.1) is 0 Å². The minimum Gasteiger partial charge on any atom is -0.508 e. The van der Waals surface area contributed by atoms with Gasteiger partial charge in [-0.05, 0) is 54.7 Å². The lowest BCUT2D eigenvalue weighted by Gasteiger charge is -2.27. The number of hydrogen-bond acceptors (Lipinski definition) is 2. The fourth-order valence-electron chi connectivity index (χ4n) is 3.30. The predicted octanol–water partition coefficient (Wildman–Crippen LogP) is 6.68. The summed E-state index contributed by atoms with van der Waals surface area (Å²) in [6, 6.07) is 12.4. The van der Waals surface area contributed by atoms with Crippen LogP contribution in [-0.4, -0.2) is 11.7 Å². The monoisotopic (exact) mass is 354 g/mol. The third-order valence-corrected chi connectivity index (χ3v) is 5.32. The lowest BCUT2D eigenvalue weighted by atomic mass is 9.77. The number of unbranched alkanes of at least 4 members (excludes halogenated alkanes) is 4. The molecule has 26 heavy (non-hydrogen) atoms. The van der Waals surface area contributed by atoms with E-state index in [0.717, 1.165) is 24.3 Å². The van der Waals surface area contributed by atoms with Crippen molar-refractivity contribution in [2.75, 3.05) is 6.61 Å². The van der Waals surface area contributed by atoms with E-state index in [-0.39, 0.29) is 5.41 Å². The van der Waals surface area contributed by atoms with Crippen molar-refractivity contribution in [2.45, 2.75) is 72.1 Å². The predicted molar refractivity (Wildman–Crippen MR) is 110 cm³/mol. The molecule has 2 aromatic carbocycles. The Kier molecular flexibility index (Phi) is 7.14. The highest BCUT2D eigenvalue weighted by Gasteiger charge is 2.24. The summed E-state index contributed by atoms with van der Waals surface area (Å²) in [4.78, 5) is 0. The Morgan fingerprint density at radius 3 is 2.08 bits per heavy atom. The number of aryl methyl sites for hydroxylation is 2. The molecule has 0 spiro atoms. The van der Waals surface area contributed by atoms with E-state index in [4.69, 9.17) is 4.74 Å². The van der Waals surface area contributed by atoms with E-state index in [9.17, 15) is 5.11 Å². The van der Waals surface area contributed by atoms with Gasteiger partial charge >= 0.3 is 0 Å². The average Bonchev–Trinajstić information content (AvgIpc) is 2.61. The SMILES string of the molecule is CCCCCCCOc1ccc(C(C)(C)c2ccc(O)c(C)c2)cc1C. The first kappa shape index (κ1) is 20.4. The van der Waals surface area contributed by atoms with Crippen molar-refractivity contribution in [3.05, 3.63) is 58.7 Å². The summed E-state index contributed by atoms with van der Waals surface area (Å²) in [6.07, 6.45) is 6.27. The van der Waals surface area contributed by atoms with Crippen LogP contribution in [0.3, 0.4) is 0 Å². The second-order valence-electron chi connectivity index (χ2n) is 7.87. The third-order valence-electron chi connectivity index (χ3n) is 5.32. The molecule has 1 N–H and O–H groups in total. The molecule has 0 aromatic heterocycles. The van der Waals surface area contributed by atoms with E-state index in [1.54, 1.807) is 6.07 Å². The quantitative estimate of drug-likeness (QED) is 0.509. The van der Waals surface area contributed by atoms with Crippen LogP contribution in [0.1, 0.15) is 75.1 Å². The molecule has 0 saturated heterocycles. The van der Waals surface area contributed by atoms with Gasteiger partial charge < -0.3 is 9.84 Å². The molecule has 0 fully saturated rings. The number of phenols is 1. The van der Waals surface area contributed by atoms with Gasteiger partial charge in [0, 0.05) is 5.41 Å². The third kappa shape index (κ3) is 5.03. The van der Waals surface area contributed by atoms with Gasteiger partial charge in [0.15, 0.2) is 0 Å². The molecule has 2 aromatic rings. The summed E-state index contributed by atoms with van der Waals surface area (Å²) in [7, 11) is 0. The molecule has 2 nitrogen and oxygen atoms in total. The smallest absolute Gasteiger partial charge is 0.122 e. The normalized spacial score (nSPS) is 11.6. The molecule has 142 valence electrons. The molecule has 2 heteroatoms. The Morgan fingerprint density at radius 1 is 0.846 bits per heavy atom. The highest BCUT2D eigenvalue weighted by Crippen LogP contribution is 2.35. The lowest BCUT2D eigenvalue weighted by molar-refractivity contribution is 0.302. The topological polar surface area (TPSA) is 29.5 Å². The molecule has 0 heterocycles. The summed E-state index contributed by atoms with van der Waals surface area (Å²) in [6.45, 7) is 11.5. The zero-order valence-corrected chi connectivity index (χ0v) is 17.1. The Hall–Kier alpha value is -1.96. The standard InChI is InChI=1S/C24H34O2/c1-6-7-8-9-10-15-26-23-14-12-21(17-19(23)3)24(4,5)20-11-13-22(25)18(2)16-20/h11-14,16-17,25H,6-10,15H2,1-5H3. The van der Waals surface area contributed by atoms with E-state index in [2.05, 4.69) is 52.0 Å². The van der Waals surface area contributed by atoms with Crippen molar-refractivity contribution < 1.29 is 9.84 Å². The van der Waals surface area contributed by atoms with Gasteiger partial charge in [-0.2, -0.15) is 0 Å². The van der Waals surface area contributed by atoms with Crippen molar-refractivity contribution in [3.63, 3.8) is 0 Å². The fraction of sp³-hybridized carbons (Fsp3) is 0.500. The zero-order valence-electron chi connectivity index (χ0n) is 17.1. The second-order valence-corrected chi connectivity index (χ2v) is 7.87. The zero-order chi connectivity index (χ0) is 19.2. The number of benzene rings is 2. The molecule has 0 aliphatic rings. The first-order valence-corrected chi connectivity index (χ1v) is 9.90. The number of ether oxygens (including phenoxy) is 1. The largest absolute Gasteiger partial charge is 0.508 e. The highest BCUT2D eigenvalue weighted by molar-refractivity contribution is 5.46. The molecule has 0 atom stereocenters. The Morgan fingerprint density at radius 2 is 1.46 bits per heavy atom. The molecule has 0 bridgehead atoms. The molecule has 0 aliphatic heterocycles. The maximum absolute atomic E-state index is 9.79. The molecular weight excluding hydrogens is 320 g/mol. The molecule has 0 amide bonds. The number of aromatic hydroxyl groups is 1. The van der Waals surface area contributed by atoms with Gasteiger partial charge in [0.25, 0.3) is 0 Å². The maximum atomic E-state index is 9.79. The molecule has 0 radical (unpaired) electrons. The first-order chi connectivity index (χ1) is 12.4. The van der Waals surface area contributed by atoms with E-state index in [1.807, 2.05) is 13.0 Å². The molecule has 2 rings (SSSR count). The Balaban J connectivity index is 2.06. The van der Waals surface area contributed by atoms with Crippen molar-refractivity contribution in [1.29, 1.82) is 0 Å². The summed E-state index contributed by atoms with van der Waals surface area (Å²) in [5.41, 5.74) is 4.43. The minimum absolute atomic E-state index is 0.123. The van der Waals surface area contributed by atoms with Crippen molar-refractivity contribution in [1.82, 2.24) is 0 Å². The van der Waals surface area contributed by atoms with E-state index >= 15 is 0 Å². The molecular formula is C24H34O2. The number of rotatable bonds is 9. The van der Waals surface area contributed by atoms with Gasteiger partial charge in [0.1, 0.15) is 11.5 Å². The number of hydrogen-bond donors (Lipinski definition) is 1. The second kappa shape index (κ2) is 9.12. The van der Waals surface area contributed by atoms with Crippen LogP contribution in [0.4, 0.5) is 0 Å². The van der Waals surface area contributed by atoms with Gasteiger partial charge in [0.2, 0.25) is 0 Å². The summed E-state index contributed by atoms with van der Waals surface area (Å²) in [5, 5.41) is 9.79. The van der Waals surface area contributed by atoms with Crippen LogP contribution < -0.4 is 4.74 Å². The van der Waals surface area contributed by atoms with Crippen LogP contribution in [0.2, 0.25) is 0 Å². The Labute approximate surface area is 159 Å².